The van der Waals surface area contributed by atoms with Gasteiger partial charge in [-0.2, -0.15) is 11.8 Å². The first-order valence-corrected chi connectivity index (χ1v) is 14.3. The molecule has 1 aromatic rings. The van der Waals surface area contributed by atoms with E-state index in [2.05, 4.69) is 62.9 Å². The quantitative estimate of drug-likeness (QED) is 0.174. The number of unbranched alkanes of at least 4 members (excludes halogenated alkanes) is 17. The van der Waals surface area contributed by atoms with Crippen LogP contribution in [0.1, 0.15) is 142 Å². The third-order valence-electron chi connectivity index (χ3n) is 6.43. The predicted molar refractivity (Wildman–Crippen MR) is 141 cm³/mol. The molecule has 0 aromatic heterocycles. The van der Waals surface area contributed by atoms with E-state index in [1.165, 1.54) is 127 Å². The van der Waals surface area contributed by atoms with Crippen LogP contribution in [0.25, 0.3) is 0 Å². The lowest BCUT2D eigenvalue weighted by Gasteiger charge is -2.24. The standard InChI is InChI=1S/C29H52S/c1-4-5-6-7-8-9-10-11-12-13-14-15-16-17-18-19-20-24-27-30-29(2,3)28-25-22-21-23-26-28/h21-23,25-26H,4-20,24,27H2,1-3H3. The lowest BCUT2D eigenvalue weighted by molar-refractivity contribution is 0.526. The molecule has 0 heterocycles. The fourth-order valence-electron chi connectivity index (χ4n) is 4.25. The van der Waals surface area contributed by atoms with Crippen molar-refractivity contribution in [2.45, 2.75) is 141 Å². The van der Waals surface area contributed by atoms with E-state index in [0.717, 1.165) is 0 Å². The summed E-state index contributed by atoms with van der Waals surface area (Å²) < 4.78 is 0.246. The average molecular weight is 433 g/mol. The highest BCUT2D eigenvalue weighted by Crippen LogP contribution is 2.36. The summed E-state index contributed by atoms with van der Waals surface area (Å²) in [6.45, 7) is 7.03. The minimum absolute atomic E-state index is 0.246. The summed E-state index contributed by atoms with van der Waals surface area (Å²) >= 11 is 2.12. The molecular weight excluding hydrogens is 380 g/mol. The molecule has 1 heteroatoms. The second-order valence-corrected chi connectivity index (χ2v) is 11.5. The SMILES string of the molecule is CCCCCCCCCCCCCCCCCCCCSC(C)(C)c1ccccc1. The average Bonchev–Trinajstić information content (AvgIpc) is 2.76. The minimum atomic E-state index is 0.246. The Kier molecular flexibility index (Phi) is 17.7. The van der Waals surface area contributed by atoms with Crippen molar-refractivity contribution in [2.75, 3.05) is 5.75 Å². The minimum Gasteiger partial charge on any atom is -0.151 e. The van der Waals surface area contributed by atoms with E-state index in [9.17, 15) is 0 Å². The molecule has 0 saturated heterocycles. The molecule has 0 unspecified atom stereocenters. The van der Waals surface area contributed by atoms with Gasteiger partial charge in [-0.3, -0.25) is 0 Å². The van der Waals surface area contributed by atoms with E-state index in [0.29, 0.717) is 0 Å². The molecule has 0 radical (unpaired) electrons. The van der Waals surface area contributed by atoms with Gasteiger partial charge in [-0.1, -0.05) is 146 Å². The van der Waals surface area contributed by atoms with Crippen molar-refractivity contribution in [1.82, 2.24) is 0 Å². The first-order chi connectivity index (χ1) is 14.7. The number of thioether (sulfide) groups is 1. The second-order valence-electron chi connectivity index (χ2n) is 9.74. The third kappa shape index (κ3) is 15.4. The molecule has 0 fully saturated rings. The van der Waals surface area contributed by atoms with Gasteiger partial charge >= 0.3 is 0 Å². The molecule has 0 bridgehead atoms. The largest absolute Gasteiger partial charge is 0.151 e. The maximum absolute atomic E-state index is 2.36. The fourth-order valence-corrected chi connectivity index (χ4v) is 5.42. The van der Waals surface area contributed by atoms with Crippen LogP contribution in [0.15, 0.2) is 30.3 Å². The molecule has 0 nitrogen and oxygen atoms in total. The summed E-state index contributed by atoms with van der Waals surface area (Å²) in [6.07, 6.45) is 26.1. The Hall–Kier alpha value is -0.430. The third-order valence-corrected chi connectivity index (χ3v) is 7.88. The summed E-state index contributed by atoms with van der Waals surface area (Å²) in [7, 11) is 0. The summed E-state index contributed by atoms with van der Waals surface area (Å²) in [5.41, 5.74) is 1.46. The first kappa shape index (κ1) is 27.6. The molecule has 174 valence electrons. The smallest absolute Gasteiger partial charge is 0.0352 e. The van der Waals surface area contributed by atoms with Crippen LogP contribution < -0.4 is 0 Å². The summed E-state index contributed by atoms with van der Waals surface area (Å²) in [5.74, 6) is 1.29. The molecule has 1 rings (SSSR count). The second kappa shape index (κ2) is 19.3. The van der Waals surface area contributed by atoms with E-state index in [4.69, 9.17) is 0 Å². The molecule has 0 aliphatic rings. The van der Waals surface area contributed by atoms with Crippen LogP contribution in [0.4, 0.5) is 0 Å². The van der Waals surface area contributed by atoms with Crippen molar-refractivity contribution in [3.8, 4) is 0 Å². The van der Waals surface area contributed by atoms with Gasteiger partial charge in [0.2, 0.25) is 0 Å². The van der Waals surface area contributed by atoms with Gasteiger partial charge in [0, 0.05) is 4.75 Å². The maximum atomic E-state index is 2.36. The Labute approximate surface area is 194 Å². The Balaban J connectivity index is 1.78. The molecular formula is C29H52S. The van der Waals surface area contributed by atoms with Crippen molar-refractivity contribution >= 4 is 11.8 Å². The Morgan fingerprint density at radius 1 is 0.533 bits per heavy atom. The number of hydrogen-bond donors (Lipinski definition) is 0. The van der Waals surface area contributed by atoms with E-state index < -0.39 is 0 Å². The van der Waals surface area contributed by atoms with Crippen LogP contribution in [0, 0.1) is 0 Å². The topological polar surface area (TPSA) is 0 Å². The zero-order chi connectivity index (χ0) is 21.8. The first-order valence-electron chi connectivity index (χ1n) is 13.4. The summed E-state index contributed by atoms with van der Waals surface area (Å²) in [4.78, 5) is 0. The fraction of sp³-hybridized carbons (Fsp3) is 0.793. The molecule has 0 aliphatic heterocycles. The lowest BCUT2D eigenvalue weighted by atomic mass is 10.0. The summed E-state index contributed by atoms with van der Waals surface area (Å²) in [6, 6.07) is 11.0. The molecule has 0 atom stereocenters. The van der Waals surface area contributed by atoms with Crippen LogP contribution in [-0.2, 0) is 4.75 Å². The highest BCUT2D eigenvalue weighted by molar-refractivity contribution is 8.00. The molecule has 0 aliphatic carbocycles. The molecule has 0 amide bonds. The van der Waals surface area contributed by atoms with Crippen molar-refractivity contribution in [3.63, 3.8) is 0 Å². The van der Waals surface area contributed by atoms with Gasteiger partial charge in [0.05, 0.1) is 0 Å². The van der Waals surface area contributed by atoms with Gasteiger partial charge in [0.15, 0.2) is 0 Å². The number of hydrogen-bond acceptors (Lipinski definition) is 1. The molecule has 0 spiro atoms. The molecule has 1 aromatic carbocycles. The molecule has 0 N–H and O–H groups in total. The lowest BCUT2D eigenvalue weighted by Crippen LogP contribution is -2.12. The van der Waals surface area contributed by atoms with E-state index in [-0.39, 0.29) is 4.75 Å². The molecule has 30 heavy (non-hydrogen) atoms. The van der Waals surface area contributed by atoms with Gasteiger partial charge < -0.3 is 0 Å². The van der Waals surface area contributed by atoms with Gasteiger partial charge in [-0.05, 0) is 31.6 Å². The number of benzene rings is 1. The Morgan fingerprint density at radius 2 is 0.900 bits per heavy atom. The predicted octanol–water partition coefficient (Wildman–Crippen LogP) is 10.7. The maximum Gasteiger partial charge on any atom is 0.0352 e. The van der Waals surface area contributed by atoms with E-state index in [1.807, 2.05) is 0 Å². The molecule has 0 saturated carbocycles. The van der Waals surface area contributed by atoms with Gasteiger partial charge in [0.25, 0.3) is 0 Å². The Bertz CT molecular complexity index is 465. The van der Waals surface area contributed by atoms with Crippen LogP contribution >= 0.6 is 11.8 Å². The monoisotopic (exact) mass is 432 g/mol. The highest BCUT2D eigenvalue weighted by atomic mass is 32.2. The van der Waals surface area contributed by atoms with E-state index >= 15 is 0 Å². The van der Waals surface area contributed by atoms with Gasteiger partial charge in [0.1, 0.15) is 0 Å². The summed E-state index contributed by atoms with van der Waals surface area (Å²) in [5, 5.41) is 0. The van der Waals surface area contributed by atoms with Crippen LogP contribution in [-0.4, -0.2) is 5.75 Å². The van der Waals surface area contributed by atoms with Crippen molar-refractivity contribution < 1.29 is 0 Å². The van der Waals surface area contributed by atoms with Crippen LogP contribution in [0.2, 0.25) is 0 Å². The van der Waals surface area contributed by atoms with Crippen molar-refractivity contribution in [1.29, 1.82) is 0 Å². The van der Waals surface area contributed by atoms with Gasteiger partial charge in [-0.15, -0.1) is 0 Å². The van der Waals surface area contributed by atoms with E-state index in [1.54, 1.807) is 0 Å². The van der Waals surface area contributed by atoms with Crippen molar-refractivity contribution in [3.05, 3.63) is 35.9 Å². The normalized spacial score (nSPS) is 11.8. The zero-order valence-electron chi connectivity index (χ0n) is 20.7. The van der Waals surface area contributed by atoms with Crippen LogP contribution in [0.3, 0.4) is 0 Å². The Morgan fingerprint density at radius 3 is 1.30 bits per heavy atom. The van der Waals surface area contributed by atoms with Crippen molar-refractivity contribution in [2.24, 2.45) is 0 Å². The highest BCUT2D eigenvalue weighted by Gasteiger charge is 2.19. The number of rotatable bonds is 21. The van der Waals surface area contributed by atoms with Crippen LogP contribution in [0.5, 0.6) is 0 Å². The zero-order valence-corrected chi connectivity index (χ0v) is 21.5. The van der Waals surface area contributed by atoms with Gasteiger partial charge in [-0.25, -0.2) is 0 Å².